The summed E-state index contributed by atoms with van der Waals surface area (Å²) < 4.78 is 6.10. The number of amides is 2. The summed E-state index contributed by atoms with van der Waals surface area (Å²) in [6, 6.07) is 9.77. The van der Waals surface area contributed by atoms with Crippen LogP contribution in [0.4, 0.5) is 5.69 Å². The van der Waals surface area contributed by atoms with E-state index in [0.717, 1.165) is 28.1 Å². The van der Waals surface area contributed by atoms with Gasteiger partial charge in [0, 0.05) is 19.0 Å². The molecule has 0 fully saturated rings. The Morgan fingerprint density at radius 3 is 2.53 bits per heavy atom. The van der Waals surface area contributed by atoms with Gasteiger partial charge in [-0.15, -0.1) is 0 Å². The number of nitrogens with zero attached hydrogens (tertiary/aromatic N) is 1. The second-order valence-electron chi connectivity index (χ2n) is 8.54. The van der Waals surface area contributed by atoms with Crippen LogP contribution in [0.15, 0.2) is 30.3 Å². The molecule has 1 N–H and O–H groups in total. The van der Waals surface area contributed by atoms with Crippen LogP contribution >= 0.6 is 0 Å². The first-order valence-electron chi connectivity index (χ1n) is 10.6. The van der Waals surface area contributed by atoms with E-state index in [2.05, 4.69) is 50.4 Å². The van der Waals surface area contributed by atoms with Gasteiger partial charge in [-0.2, -0.15) is 0 Å². The number of carbonyl (C=O) groups excluding carboxylic acids is 2. The lowest BCUT2D eigenvalue weighted by molar-refractivity contribution is -0.126. The fourth-order valence-corrected chi connectivity index (χ4v) is 4.19. The number of nitrogens with one attached hydrogen (secondary N) is 1. The van der Waals surface area contributed by atoms with E-state index in [1.807, 2.05) is 19.9 Å². The molecule has 0 unspecified atom stereocenters. The van der Waals surface area contributed by atoms with Gasteiger partial charge in [-0.3, -0.25) is 9.59 Å². The monoisotopic (exact) mass is 408 g/mol. The van der Waals surface area contributed by atoms with E-state index in [-0.39, 0.29) is 11.8 Å². The zero-order valence-corrected chi connectivity index (χ0v) is 18.8. The lowest BCUT2D eigenvalue weighted by Crippen LogP contribution is -2.37. The van der Waals surface area contributed by atoms with Crippen LogP contribution in [0.2, 0.25) is 0 Å². The minimum Gasteiger partial charge on any atom is -0.493 e. The molecule has 1 heterocycles. The Kier molecular flexibility index (Phi) is 6.49. The summed E-state index contributed by atoms with van der Waals surface area (Å²) in [4.78, 5) is 26.5. The molecule has 1 aliphatic heterocycles. The molecular weight excluding hydrogens is 376 g/mol. The molecular formula is C25H32N2O3. The molecule has 2 aromatic rings. The van der Waals surface area contributed by atoms with Crippen LogP contribution in [0.25, 0.3) is 0 Å². The van der Waals surface area contributed by atoms with Crippen molar-refractivity contribution in [3.8, 4) is 5.75 Å². The highest BCUT2D eigenvalue weighted by Crippen LogP contribution is 2.39. The molecule has 2 aromatic carbocycles. The minimum absolute atomic E-state index is 0.0766. The van der Waals surface area contributed by atoms with Gasteiger partial charge < -0.3 is 15.0 Å². The van der Waals surface area contributed by atoms with Gasteiger partial charge in [-0.1, -0.05) is 43.7 Å². The van der Waals surface area contributed by atoms with Crippen LogP contribution in [-0.4, -0.2) is 25.0 Å². The molecule has 0 radical (unpaired) electrons. The highest BCUT2D eigenvalue weighted by atomic mass is 16.5. The zero-order chi connectivity index (χ0) is 22.0. The molecule has 0 aliphatic carbocycles. The Labute approximate surface area is 179 Å². The fourth-order valence-electron chi connectivity index (χ4n) is 4.19. The van der Waals surface area contributed by atoms with Crippen LogP contribution in [0.3, 0.4) is 0 Å². The van der Waals surface area contributed by atoms with Crippen molar-refractivity contribution in [1.82, 2.24) is 5.32 Å². The minimum atomic E-state index is -0.610. The second kappa shape index (κ2) is 8.90. The molecule has 0 spiro atoms. The molecule has 3 rings (SSSR count). The van der Waals surface area contributed by atoms with Gasteiger partial charge >= 0.3 is 0 Å². The van der Waals surface area contributed by atoms with Gasteiger partial charge in [0.1, 0.15) is 11.8 Å². The maximum absolute atomic E-state index is 13.1. The Morgan fingerprint density at radius 2 is 1.87 bits per heavy atom. The maximum atomic E-state index is 13.1. The van der Waals surface area contributed by atoms with Crippen molar-refractivity contribution in [2.24, 2.45) is 0 Å². The van der Waals surface area contributed by atoms with Crippen LogP contribution in [0.1, 0.15) is 67.0 Å². The van der Waals surface area contributed by atoms with Gasteiger partial charge in [0.2, 0.25) is 5.91 Å². The number of fused-ring (bicyclic) bond motifs is 1. The third-order valence-corrected chi connectivity index (χ3v) is 5.49. The summed E-state index contributed by atoms with van der Waals surface area (Å²) in [6.45, 7) is 12.9. The third-order valence-electron chi connectivity index (χ3n) is 5.49. The van der Waals surface area contributed by atoms with Gasteiger partial charge in [0.25, 0.3) is 5.91 Å². The van der Waals surface area contributed by atoms with Crippen molar-refractivity contribution in [3.63, 3.8) is 0 Å². The summed E-state index contributed by atoms with van der Waals surface area (Å²) in [5, 5.41) is 2.81. The third kappa shape index (κ3) is 4.50. The number of rotatable bonds is 7. The van der Waals surface area contributed by atoms with Gasteiger partial charge in [-0.05, 0) is 55.9 Å². The molecule has 0 saturated carbocycles. The lowest BCUT2D eigenvalue weighted by atomic mass is 10.0. The van der Waals surface area contributed by atoms with E-state index < -0.39 is 6.04 Å². The Hall–Kier alpha value is -2.82. The summed E-state index contributed by atoms with van der Waals surface area (Å²) >= 11 is 0. The molecule has 1 atom stereocenters. The fraction of sp³-hybridized carbons (Fsp3) is 0.440. The van der Waals surface area contributed by atoms with E-state index in [1.165, 1.54) is 18.1 Å². The molecule has 5 nitrogen and oxygen atoms in total. The van der Waals surface area contributed by atoms with Crippen molar-refractivity contribution >= 4 is 17.5 Å². The van der Waals surface area contributed by atoms with Crippen LogP contribution in [-0.2, 0) is 9.59 Å². The molecule has 160 valence electrons. The molecule has 30 heavy (non-hydrogen) atoms. The number of ether oxygens (including phenoxy) is 1. The molecule has 1 aliphatic rings. The molecule has 0 saturated heterocycles. The molecule has 2 amide bonds. The van der Waals surface area contributed by atoms with E-state index in [0.29, 0.717) is 25.5 Å². The smallest absolute Gasteiger partial charge is 0.254 e. The first kappa shape index (κ1) is 21.9. The second-order valence-corrected chi connectivity index (χ2v) is 8.54. The van der Waals surface area contributed by atoms with Crippen molar-refractivity contribution in [2.75, 3.05) is 18.1 Å². The van der Waals surface area contributed by atoms with Crippen molar-refractivity contribution in [2.45, 2.75) is 59.9 Å². The Balaban J connectivity index is 1.73. The van der Waals surface area contributed by atoms with Crippen molar-refractivity contribution in [3.05, 3.63) is 58.1 Å². The lowest BCUT2D eigenvalue weighted by Gasteiger charge is -2.20. The standard InChI is InChI=1S/C25H32N2O3/c1-15(2)20-9-8-16(3)14-22(20)30-11-7-10-27-24-18(5)12-17(4)13-21(24)23(25(27)29)26-19(6)28/h8-9,12-15,23H,7,10-11H2,1-6H3,(H,26,28)/t23-/m0/s1. The van der Waals surface area contributed by atoms with Gasteiger partial charge in [0.15, 0.2) is 0 Å². The molecule has 0 bridgehead atoms. The highest BCUT2D eigenvalue weighted by molar-refractivity contribution is 6.06. The van der Waals surface area contributed by atoms with E-state index >= 15 is 0 Å². The largest absolute Gasteiger partial charge is 0.493 e. The number of hydrogen-bond acceptors (Lipinski definition) is 3. The summed E-state index contributed by atoms with van der Waals surface area (Å²) in [5.41, 5.74) is 6.30. The van der Waals surface area contributed by atoms with E-state index in [9.17, 15) is 9.59 Å². The number of aryl methyl sites for hydroxylation is 3. The first-order valence-corrected chi connectivity index (χ1v) is 10.6. The topological polar surface area (TPSA) is 58.6 Å². The average molecular weight is 409 g/mol. The summed E-state index contributed by atoms with van der Waals surface area (Å²) in [5.74, 6) is 1.02. The Bertz CT molecular complexity index is 965. The summed E-state index contributed by atoms with van der Waals surface area (Å²) in [6.07, 6.45) is 0.705. The van der Waals surface area contributed by atoms with Gasteiger partial charge in [-0.25, -0.2) is 0 Å². The quantitative estimate of drug-likeness (QED) is 0.674. The normalized spacial score (nSPS) is 15.5. The van der Waals surface area contributed by atoms with Crippen molar-refractivity contribution < 1.29 is 14.3 Å². The van der Waals surface area contributed by atoms with E-state index in [4.69, 9.17) is 4.74 Å². The maximum Gasteiger partial charge on any atom is 0.254 e. The Morgan fingerprint density at radius 1 is 1.13 bits per heavy atom. The average Bonchev–Trinajstić information content (AvgIpc) is 2.90. The van der Waals surface area contributed by atoms with Crippen LogP contribution in [0, 0.1) is 20.8 Å². The highest BCUT2D eigenvalue weighted by Gasteiger charge is 2.38. The SMILES string of the molecule is CC(=O)N[C@@H]1C(=O)N(CCCOc2cc(C)ccc2C(C)C)c2c(C)cc(C)cc21. The number of benzene rings is 2. The van der Waals surface area contributed by atoms with Crippen molar-refractivity contribution in [1.29, 1.82) is 0 Å². The zero-order valence-electron chi connectivity index (χ0n) is 18.8. The number of carbonyl (C=O) groups is 2. The first-order chi connectivity index (χ1) is 14.2. The van der Waals surface area contributed by atoms with Gasteiger partial charge in [0.05, 0.1) is 12.3 Å². The number of anilines is 1. The predicted molar refractivity (Wildman–Crippen MR) is 120 cm³/mol. The summed E-state index contributed by atoms with van der Waals surface area (Å²) in [7, 11) is 0. The predicted octanol–water partition coefficient (Wildman–Crippen LogP) is 4.73. The number of hydrogen-bond donors (Lipinski definition) is 1. The van der Waals surface area contributed by atoms with Crippen LogP contribution < -0.4 is 15.0 Å². The van der Waals surface area contributed by atoms with Crippen LogP contribution in [0.5, 0.6) is 5.75 Å². The van der Waals surface area contributed by atoms with E-state index in [1.54, 1.807) is 4.90 Å². The molecule has 0 aromatic heterocycles. The molecule has 5 heteroatoms.